The van der Waals surface area contributed by atoms with E-state index in [1.807, 2.05) is 20.8 Å². The Hall–Kier alpha value is -4.00. The van der Waals surface area contributed by atoms with Crippen molar-refractivity contribution in [2.75, 3.05) is 7.11 Å². The van der Waals surface area contributed by atoms with Gasteiger partial charge in [-0.15, -0.1) is 0 Å². The van der Waals surface area contributed by atoms with Crippen LogP contribution < -0.4 is 4.74 Å². The predicted octanol–water partition coefficient (Wildman–Crippen LogP) is 5.15. The fourth-order valence-electron chi connectivity index (χ4n) is 4.33. The van der Waals surface area contributed by atoms with E-state index in [1.165, 1.54) is 23.1 Å². The van der Waals surface area contributed by atoms with E-state index in [0.29, 0.717) is 17.0 Å². The van der Waals surface area contributed by atoms with E-state index in [-0.39, 0.29) is 28.9 Å². The van der Waals surface area contributed by atoms with Crippen LogP contribution in [0.3, 0.4) is 0 Å². The van der Waals surface area contributed by atoms with Crippen LogP contribution in [0.1, 0.15) is 49.2 Å². The summed E-state index contributed by atoms with van der Waals surface area (Å²) in [4.78, 5) is 31.9. The lowest BCUT2D eigenvalue weighted by Gasteiger charge is -2.26. The fraction of sp³-hybridized carbons (Fsp3) is 0.250. The molecule has 0 aliphatic carbocycles. The first kappa shape index (κ1) is 24.1. The Balaban J connectivity index is 1.91. The van der Waals surface area contributed by atoms with Crippen molar-refractivity contribution < 1.29 is 23.8 Å². The molecule has 7 heteroatoms. The van der Waals surface area contributed by atoms with Gasteiger partial charge in [-0.05, 0) is 41.8 Å². The minimum absolute atomic E-state index is 0.0168. The molecule has 0 bridgehead atoms. The van der Waals surface area contributed by atoms with Crippen LogP contribution in [-0.4, -0.2) is 33.8 Å². The number of carbonyl (C=O) groups is 2. The number of halogens is 1. The summed E-state index contributed by atoms with van der Waals surface area (Å²) in [5.74, 6) is -2.01. The molecule has 1 aliphatic heterocycles. The Kier molecular flexibility index (Phi) is 6.43. The van der Waals surface area contributed by atoms with Gasteiger partial charge in [0.1, 0.15) is 17.3 Å². The zero-order valence-corrected chi connectivity index (χ0v) is 20.1. The minimum Gasteiger partial charge on any atom is -0.507 e. The minimum atomic E-state index is -1.11. The second-order valence-electron chi connectivity index (χ2n) is 9.43. The number of hydrogen-bond acceptors (Lipinski definition) is 5. The number of aliphatic hydroxyl groups is 1. The predicted molar refractivity (Wildman–Crippen MR) is 130 cm³/mol. The highest BCUT2D eigenvalue weighted by atomic mass is 19.1. The first-order valence-corrected chi connectivity index (χ1v) is 11.2. The van der Waals surface area contributed by atoms with Crippen LogP contribution >= 0.6 is 0 Å². The topological polar surface area (TPSA) is 79.7 Å². The molecule has 1 aromatic heterocycles. The highest BCUT2D eigenvalue weighted by Gasteiger charge is 2.47. The van der Waals surface area contributed by atoms with Gasteiger partial charge in [-0.25, -0.2) is 4.39 Å². The number of aromatic nitrogens is 1. The monoisotopic (exact) mass is 474 g/mol. The molecule has 1 atom stereocenters. The average Bonchev–Trinajstić information content (AvgIpc) is 3.08. The van der Waals surface area contributed by atoms with E-state index >= 15 is 0 Å². The van der Waals surface area contributed by atoms with E-state index in [2.05, 4.69) is 4.98 Å². The molecule has 0 saturated carbocycles. The maximum Gasteiger partial charge on any atom is 0.296 e. The Morgan fingerprint density at radius 2 is 1.80 bits per heavy atom. The molecule has 1 N–H and O–H groups in total. The van der Waals surface area contributed by atoms with Crippen LogP contribution in [0.4, 0.5) is 4.39 Å². The lowest BCUT2D eigenvalue weighted by Crippen LogP contribution is -2.30. The van der Waals surface area contributed by atoms with Gasteiger partial charge in [0.25, 0.3) is 11.7 Å². The number of likely N-dealkylation sites (tertiary alicyclic amines) is 1. The van der Waals surface area contributed by atoms with Gasteiger partial charge in [-0.1, -0.05) is 45.0 Å². The number of rotatable bonds is 5. The first-order chi connectivity index (χ1) is 16.6. The molecule has 1 amide bonds. The smallest absolute Gasteiger partial charge is 0.296 e. The van der Waals surface area contributed by atoms with Crippen molar-refractivity contribution in [2.45, 2.75) is 38.8 Å². The summed E-state index contributed by atoms with van der Waals surface area (Å²) in [6, 6.07) is 15.1. The number of aliphatic hydroxyl groups excluding tert-OH is 1. The summed E-state index contributed by atoms with van der Waals surface area (Å²) in [6.07, 6.45) is 1.58. The number of hydrogen-bond donors (Lipinski definition) is 1. The maximum absolute atomic E-state index is 15.0. The second kappa shape index (κ2) is 9.33. The zero-order valence-electron chi connectivity index (χ0n) is 20.1. The Morgan fingerprint density at radius 1 is 1.09 bits per heavy atom. The highest BCUT2D eigenvalue weighted by Crippen LogP contribution is 2.42. The summed E-state index contributed by atoms with van der Waals surface area (Å²) in [5.41, 5.74) is 1.32. The standard InChI is InChI=1S/C28H27FN2O4/c1-28(2,3)20-15-17(12-13-22(20)35-4)25(32)23-24(19-10-5-6-11-21(19)29)31(27(34)26(23)33)16-18-9-7-8-14-30-18/h5-15,24,32H,16H2,1-4H3/b25-23+. The Labute approximate surface area is 203 Å². The largest absolute Gasteiger partial charge is 0.507 e. The summed E-state index contributed by atoms with van der Waals surface area (Å²) >= 11 is 0. The van der Waals surface area contributed by atoms with Gasteiger partial charge in [0, 0.05) is 22.9 Å². The summed E-state index contributed by atoms with van der Waals surface area (Å²) < 4.78 is 20.5. The van der Waals surface area contributed by atoms with Crippen LogP contribution in [0.2, 0.25) is 0 Å². The van der Waals surface area contributed by atoms with Gasteiger partial charge >= 0.3 is 0 Å². The lowest BCUT2D eigenvalue weighted by atomic mass is 9.84. The van der Waals surface area contributed by atoms with Crippen LogP contribution in [-0.2, 0) is 21.5 Å². The molecule has 35 heavy (non-hydrogen) atoms. The van der Waals surface area contributed by atoms with Crippen LogP contribution in [0, 0.1) is 5.82 Å². The van der Waals surface area contributed by atoms with Crippen molar-refractivity contribution >= 4 is 17.4 Å². The Morgan fingerprint density at radius 3 is 2.43 bits per heavy atom. The fourth-order valence-corrected chi connectivity index (χ4v) is 4.33. The number of Topliss-reactive ketones (excluding diaryl/α,β-unsaturated/α-hetero) is 1. The van der Waals surface area contributed by atoms with Crippen molar-refractivity contribution in [3.05, 3.63) is 101 Å². The third kappa shape index (κ3) is 4.54. The van der Waals surface area contributed by atoms with Gasteiger partial charge in [-0.3, -0.25) is 14.6 Å². The highest BCUT2D eigenvalue weighted by molar-refractivity contribution is 6.46. The number of amides is 1. The lowest BCUT2D eigenvalue weighted by molar-refractivity contribution is -0.140. The van der Waals surface area contributed by atoms with E-state index in [0.717, 1.165) is 5.56 Å². The molecule has 1 aliphatic rings. The van der Waals surface area contributed by atoms with Gasteiger partial charge in [0.15, 0.2) is 0 Å². The summed E-state index contributed by atoms with van der Waals surface area (Å²) in [6.45, 7) is 5.98. The molecule has 1 saturated heterocycles. The van der Waals surface area contributed by atoms with Crippen molar-refractivity contribution in [3.63, 3.8) is 0 Å². The number of nitrogens with zero attached hydrogens (tertiary/aromatic N) is 2. The van der Waals surface area contributed by atoms with Crippen molar-refractivity contribution in [1.29, 1.82) is 0 Å². The first-order valence-electron chi connectivity index (χ1n) is 11.2. The number of benzene rings is 2. The van der Waals surface area contributed by atoms with E-state index in [9.17, 15) is 19.1 Å². The van der Waals surface area contributed by atoms with E-state index < -0.39 is 23.5 Å². The molecule has 180 valence electrons. The number of carbonyl (C=O) groups excluding carboxylic acids is 2. The molecule has 0 radical (unpaired) electrons. The molecule has 6 nitrogen and oxygen atoms in total. The Bertz CT molecular complexity index is 1310. The summed E-state index contributed by atoms with van der Waals surface area (Å²) in [7, 11) is 1.56. The van der Waals surface area contributed by atoms with Gasteiger partial charge in [-0.2, -0.15) is 0 Å². The van der Waals surface area contributed by atoms with E-state index in [4.69, 9.17) is 4.74 Å². The van der Waals surface area contributed by atoms with E-state index in [1.54, 1.807) is 55.8 Å². The second-order valence-corrected chi connectivity index (χ2v) is 9.43. The zero-order chi connectivity index (χ0) is 25.3. The normalized spacial score (nSPS) is 17.6. The van der Waals surface area contributed by atoms with Gasteiger partial charge in [0.05, 0.1) is 31.0 Å². The molecule has 0 spiro atoms. The number of ketones is 1. The van der Waals surface area contributed by atoms with Gasteiger partial charge in [0.2, 0.25) is 0 Å². The average molecular weight is 475 g/mol. The summed E-state index contributed by atoms with van der Waals surface area (Å²) in [5, 5.41) is 11.4. The molecule has 1 unspecified atom stereocenters. The van der Waals surface area contributed by atoms with Crippen molar-refractivity contribution in [1.82, 2.24) is 9.88 Å². The molecule has 3 aromatic rings. The SMILES string of the molecule is COc1ccc(/C(O)=C2\C(=O)C(=O)N(Cc3ccccn3)C2c2ccccc2F)cc1C(C)(C)C. The van der Waals surface area contributed by atoms with Crippen LogP contribution in [0.15, 0.2) is 72.4 Å². The van der Waals surface area contributed by atoms with Crippen LogP contribution in [0.25, 0.3) is 5.76 Å². The third-order valence-electron chi connectivity index (χ3n) is 6.08. The third-order valence-corrected chi connectivity index (χ3v) is 6.08. The quantitative estimate of drug-likeness (QED) is 0.314. The molecule has 2 aromatic carbocycles. The molecular weight excluding hydrogens is 447 g/mol. The number of methoxy groups -OCH3 is 1. The molecule has 4 rings (SSSR count). The number of ether oxygens (including phenoxy) is 1. The van der Waals surface area contributed by atoms with Crippen molar-refractivity contribution in [3.8, 4) is 5.75 Å². The maximum atomic E-state index is 15.0. The molecular formula is C28H27FN2O4. The van der Waals surface area contributed by atoms with Crippen LogP contribution in [0.5, 0.6) is 5.75 Å². The van der Waals surface area contributed by atoms with Crippen molar-refractivity contribution in [2.24, 2.45) is 0 Å². The van der Waals surface area contributed by atoms with Gasteiger partial charge < -0.3 is 14.7 Å². The molecule has 2 heterocycles. The number of pyridine rings is 1. The molecule has 1 fully saturated rings.